The largest absolute Gasteiger partial charge is 0.462 e. The van der Waals surface area contributed by atoms with Crippen LogP contribution in [0.25, 0.3) is 0 Å². The first-order valence-corrected chi connectivity index (χ1v) is 9.45. The molecule has 8 nitrogen and oxygen atoms in total. The van der Waals surface area contributed by atoms with E-state index in [0.29, 0.717) is 16.7 Å². The lowest BCUT2D eigenvalue weighted by atomic mass is 9.97. The number of aliphatic hydroxyl groups is 5. The lowest BCUT2D eigenvalue weighted by Crippen LogP contribution is -2.47. The molecular weight excluding hydrogens is 392 g/mol. The maximum atomic E-state index is 12.4. The van der Waals surface area contributed by atoms with Crippen LogP contribution in [0.5, 0.6) is 0 Å². The third-order valence-electron chi connectivity index (χ3n) is 4.78. The van der Waals surface area contributed by atoms with Crippen molar-refractivity contribution in [1.29, 1.82) is 0 Å². The van der Waals surface area contributed by atoms with Crippen molar-refractivity contribution in [2.75, 3.05) is 13.2 Å². The fraction of sp³-hybridized carbons (Fsp3) is 0.364. The Hall–Kier alpha value is -2.62. The van der Waals surface area contributed by atoms with Crippen molar-refractivity contribution in [3.05, 3.63) is 71.3 Å². The summed E-state index contributed by atoms with van der Waals surface area (Å²) in [5, 5.41) is 47.2. The fourth-order valence-electron chi connectivity index (χ4n) is 2.77. The van der Waals surface area contributed by atoms with Crippen molar-refractivity contribution >= 4 is 11.8 Å². The summed E-state index contributed by atoms with van der Waals surface area (Å²) in [6.45, 7) is 0.179. The number of hydrogen-bond acceptors (Lipinski definition) is 8. The van der Waals surface area contributed by atoms with Crippen molar-refractivity contribution in [3.63, 3.8) is 0 Å². The third kappa shape index (κ3) is 5.94. The fourth-order valence-corrected chi connectivity index (χ4v) is 2.77. The van der Waals surface area contributed by atoms with E-state index >= 15 is 0 Å². The van der Waals surface area contributed by atoms with Crippen molar-refractivity contribution in [1.82, 2.24) is 0 Å². The molecule has 1 unspecified atom stereocenters. The van der Waals surface area contributed by atoms with Gasteiger partial charge in [0.05, 0.1) is 12.5 Å². The molecule has 0 aliphatic carbocycles. The van der Waals surface area contributed by atoms with Gasteiger partial charge in [-0.15, -0.1) is 0 Å². The standard InChI is InChI=1S/C22H26O8/c1-13(22(29)30-12-18(25)21(28)20(27)17(24)11-23)14-7-9-16(10-8-14)19(26)15-5-3-2-4-6-15/h2-10,13,17-18,20-21,23-25,27-28H,11-12H2,1H3/t13?,17-,18+,20+,21+/m0/s1. The van der Waals surface area contributed by atoms with E-state index in [0.717, 1.165) is 0 Å². The van der Waals surface area contributed by atoms with E-state index in [1.807, 2.05) is 6.07 Å². The number of aliphatic hydroxyl groups excluding tert-OH is 5. The Bertz CT molecular complexity index is 821. The molecule has 0 radical (unpaired) electrons. The third-order valence-corrected chi connectivity index (χ3v) is 4.78. The van der Waals surface area contributed by atoms with E-state index in [9.17, 15) is 30.0 Å². The summed E-state index contributed by atoms with van der Waals surface area (Å²) < 4.78 is 4.98. The molecule has 162 valence electrons. The van der Waals surface area contributed by atoms with Crippen LogP contribution in [0.3, 0.4) is 0 Å². The Morgan fingerprint density at radius 3 is 1.93 bits per heavy atom. The molecule has 0 heterocycles. The number of carbonyl (C=O) groups excluding carboxylic acids is 2. The molecule has 0 aromatic heterocycles. The minimum atomic E-state index is -1.81. The van der Waals surface area contributed by atoms with Gasteiger partial charge in [-0.05, 0) is 12.5 Å². The Morgan fingerprint density at radius 2 is 1.37 bits per heavy atom. The zero-order valence-corrected chi connectivity index (χ0v) is 16.5. The number of hydrogen-bond donors (Lipinski definition) is 5. The molecule has 0 saturated heterocycles. The van der Waals surface area contributed by atoms with Crippen LogP contribution < -0.4 is 0 Å². The van der Waals surface area contributed by atoms with Gasteiger partial charge in [0.15, 0.2) is 5.78 Å². The van der Waals surface area contributed by atoms with Crippen LogP contribution in [-0.2, 0) is 9.53 Å². The summed E-state index contributed by atoms with van der Waals surface area (Å²) in [5.74, 6) is -1.53. The molecule has 0 spiro atoms. The molecule has 2 rings (SSSR count). The highest BCUT2D eigenvalue weighted by Gasteiger charge is 2.31. The van der Waals surface area contributed by atoms with E-state index in [-0.39, 0.29) is 5.78 Å². The van der Waals surface area contributed by atoms with Crippen LogP contribution in [-0.4, -0.2) is 74.9 Å². The molecule has 2 aromatic rings. The minimum Gasteiger partial charge on any atom is -0.462 e. The molecule has 8 heteroatoms. The first kappa shape index (κ1) is 23.7. The average Bonchev–Trinajstić information content (AvgIpc) is 2.80. The molecule has 2 aromatic carbocycles. The van der Waals surface area contributed by atoms with Crippen molar-refractivity contribution in [3.8, 4) is 0 Å². The Labute approximate surface area is 174 Å². The summed E-state index contributed by atoms with van der Waals surface area (Å²) in [5.41, 5.74) is 1.62. The van der Waals surface area contributed by atoms with Gasteiger partial charge in [0.25, 0.3) is 0 Å². The van der Waals surface area contributed by atoms with Gasteiger partial charge < -0.3 is 30.3 Å². The monoisotopic (exact) mass is 418 g/mol. The van der Waals surface area contributed by atoms with Gasteiger partial charge in [0.2, 0.25) is 0 Å². The topological polar surface area (TPSA) is 145 Å². The maximum Gasteiger partial charge on any atom is 0.313 e. The predicted molar refractivity (Wildman–Crippen MR) is 107 cm³/mol. The van der Waals surface area contributed by atoms with Crippen LogP contribution in [0.1, 0.15) is 34.3 Å². The van der Waals surface area contributed by atoms with E-state index in [2.05, 4.69) is 0 Å². The molecule has 5 atom stereocenters. The highest BCUT2D eigenvalue weighted by Crippen LogP contribution is 2.19. The van der Waals surface area contributed by atoms with Crippen LogP contribution in [0.15, 0.2) is 54.6 Å². The van der Waals surface area contributed by atoms with Gasteiger partial charge in [-0.3, -0.25) is 9.59 Å². The van der Waals surface area contributed by atoms with Crippen LogP contribution in [0, 0.1) is 0 Å². The van der Waals surface area contributed by atoms with Crippen LogP contribution in [0.2, 0.25) is 0 Å². The summed E-state index contributed by atoms with van der Waals surface area (Å²) in [4.78, 5) is 24.7. The second kappa shape index (κ2) is 11.0. The summed E-state index contributed by atoms with van der Waals surface area (Å²) in [6.07, 6.45) is -6.89. The van der Waals surface area contributed by atoms with Gasteiger partial charge in [-0.2, -0.15) is 0 Å². The molecule has 0 aliphatic heterocycles. The van der Waals surface area contributed by atoms with Gasteiger partial charge in [0, 0.05) is 11.1 Å². The molecular formula is C22H26O8. The highest BCUT2D eigenvalue weighted by atomic mass is 16.5. The van der Waals surface area contributed by atoms with Crippen LogP contribution in [0.4, 0.5) is 0 Å². The van der Waals surface area contributed by atoms with Gasteiger partial charge in [0.1, 0.15) is 31.0 Å². The lowest BCUT2D eigenvalue weighted by molar-refractivity contribution is -0.157. The average molecular weight is 418 g/mol. The van der Waals surface area contributed by atoms with Crippen molar-refractivity contribution in [2.45, 2.75) is 37.3 Å². The van der Waals surface area contributed by atoms with E-state index in [1.54, 1.807) is 55.5 Å². The summed E-state index contributed by atoms with van der Waals surface area (Å²) >= 11 is 0. The van der Waals surface area contributed by atoms with Gasteiger partial charge in [-0.1, -0.05) is 54.6 Å². The normalized spacial score (nSPS) is 16.2. The molecule has 30 heavy (non-hydrogen) atoms. The number of ketones is 1. The second-order valence-corrected chi connectivity index (χ2v) is 6.97. The van der Waals surface area contributed by atoms with E-state index in [1.165, 1.54) is 0 Å². The first-order chi connectivity index (χ1) is 14.3. The second-order valence-electron chi connectivity index (χ2n) is 6.97. The number of benzene rings is 2. The minimum absolute atomic E-state index is 0.141. The Balaban J connectivity index is 1.94. The zero-order valence-electron chi connectivity index (χ0n) is 16.5. The summed E-state index contributed by atoms with van der Waals surface area (Å²) in [7, 11) is 0. The number of esters is 1. The SMILES string of the molecule is CC(C(=O)OC[C@@H](O)[C@@H](O)[C@H](O)[C@@H](O)CO)c1ccc(C(=O)c2ccccc2)cc1. The lowest BCUT2D eigenvalue weighted by Gasteiger charge is -2.25. The van der Waals surface area contributed by atoms with Crippen molar-refractivity contribution < 1.29 is 39.9 Å². The van der Waals surface area contributed by atoms with Crippen molar-refractivity contribution in [2.24, 2.45) is 0 Å². The number of rotatable bonds is 10. The van der Waals surface area contributed by atoms with Gasteiger partial charge >= 0.3 is 5.97 Å². The molecule has 0 saturated carbocycles. The number of ether oxygens (including phenoxy) is 1. The molecule has 0 fully saturated rings. The Morgan fingerprint density at radius 1 is 0.833 bits per heavy atom. The maximum absolute atomic E-state index is 12.4. The predicted octanol–water partition coefficient (Wildman–Crippen LogP) is 0.000200. The Kier molecular flexibility index (Phi) is 8.64. The molecule has 0 bridgehead atoms. The molecule has 5 N–H and O–H groups in total. The van der Waals surface area contributed by atoms with E-state index in [4.69, 9.17) is 9.84 Å². The number of carbonyl (C=O) groups is 2. The first-order valence-electron chi connectivity index (χ1n) is 9.45. The zero-order chi connectivity index (χ0) is 22.3. The van der Waals surface area contributed by atoms with E-state index < -0.39 is 49.5 Å². The summed E-state index contributed by atoms with van der Waals surface area (Å²) in [6, 6.07) is 15.3. The molecule has 0 amide bonds. The van der Waals surface area contributed by atoms with Crippen LogP contribution >= 0.6 is 0 Å². The quantitative estimate of drug-likeness (QED) is 0.268. The highest BCUT2D eigenvalue weighted by molar-refractivity contribution is 6.09. The molecule has 0 aliphatic rings. The smallest absolute Gasteiger partial charge is 0.313 e. The van der Waals surface area contributed by atoms with Gasteiger partial charge in [-0.25, -0.2) is 0 Å².